The van der Waals surface area contributed by atoms with Crippen LogP contribution in [-0.2, 0) is 11.3 Å². The topological polar surface area (TPSA) is 69.9 Å². The maximum Gasteiger partial charge on any atom is 0.276 e. The van der Waals surface area contributed by atoms with E-state index < -0.39 is 0 Å². The Morgan fingerprint density at radius 2 is 1.63 bits per heavy atom. The predicted molar refractivity (Wildman–Crippen MR) is 136 cm³/mol. The van der Waals surface area contributed by atoms with E-state index in [1.165, 1.54) is 5.56 Å². The molecule has 0 aliphatic carbocycles. The molecule has 184 valence electrons. The number of hydrogen-bond donors (Lipinski definition) is 0. The molecule has 0 saturated carbocycles. The predicted octanol–water partition coefficient (Wildman–Crippen LogP) is 4.07. The minimum absolute atomic E-state index is 0.0794. The van der Waals surface area contributed by atoms with Gasteiger partial charge in [-0.3, -0.25) is 9.59 Å². The molecular formula is C28H34N4O3. The molecule has 35 heavy (non-hydrogen) atoms. The molecule has 0 unspecified atom stereocenters. The summed E-state index contributed by atoms with van der Waals surface area (Å²) in [6.07, 6.45) is 0.281. The van der Waals surface area contributed by atoms with Crippen LogP contribution in [0.15, 0.2) is 53.1 Å². The number of nitrogens with zero attached hydrogens (tertiary/aromatic N) is 4. The summed E-state index contributed by atoms with van der Waals surface area (Å²) < 4.78 is 5.63. The van der Waals surface area contributed by atoms with Gasteiger partial charge in [0.1, 0.15) is 0 Å². The van der Waals surface area contributed by atoms with Crippen LogP contribution in [0.2, 0.25) is 0 Å². The van der Waals surface area contributed by atoms with Crippen LogP contribution >= 0.6 is 0 Å². The first kappa shape index (κ1) is 24.7. The number of benzene rings is 2. The lowest BCUT2D eigenvalue weighted by Gasteiger charge is -2.33. The molecule has 7 nitrogen and oxygen atoms in total. The van der Waals surface area contributed by atoms with Gasteiger partial charge in [0.25, 0.3) is 5.91 Å². The molecular weight excluding hydrogens is 440 g/mol. The van der Waals surface area contributed by atoms with Gasteiger partial charge in [0, 0.05) is 57.3 Å². The lowest BCUT2D eigenvalue weighted by molar-refractivity contribution is -0.133. The average Bonchev–Trinajstić information content (AvgIpc) is 3.31. The van der Waals surface area contributed by atoms with Crippen LogP contribution in [0, 0.1) is 20.8 Å². The molecule has 2 amide bonds. The Kier molecular flexibility index (Phi) is 7.66. The van der Waals surface area contributed by atoms with E-state index >= 15 is 0 Å². The molecule has 1 aliphatic heterocycles. The van der Waals surface area contributed by atoms with Gasteiger partial charge in [0.15, 0.2) is 11.5 Å². The molecule has 0 atom stereocenters. The number of amides is 2. The standard InChI is InChI=1S/C28H34N4O3/c1-20-16-21(2)27(22(3)17-20)25-18-24(29-35-25)28(34)32(19-23-8-6-5-7-9-23)11-10-26(33)31-14-12-30(4)13-15-31/h5-9,16-18H,10-15,19H2,1-4H3. The summed E-state index contributed by atoms with van der Waals surface area (Å²) in [5.74, 6) is 0.421. The Bertz CT molecular complexity index is 1160. The number of aryl methyl sites for hydroxylation is 3. The second-order valence-electron chi connectivity index (χ2n) is 9.50. The zero-order valence-corrected chi connectivity index (χ0v) is 21.1. The second kappa shape index (κ2) is 10.9. The van der Waals surface area contributed by atoms with Gasteiger partial charge in [-0.05, 0) is 44.5 Å². The summed E-state index contributed by atoms with van der Waals surface area (Å²) in [7, 11) is 2.06. The molecule has 1 fully saturated rings. The van der Waals surface area contributed by atoms with E-state index in [0.717, 1.165) is 48.4 Å². The molecule has 0 spiro atoms. The van der Waals surface area contributed by atoms with Crippen LogP contribution in [0.1, 0.15) is 39.2 Å². The van der Waals surface area contributed by atoms with Crippen molar-refractivity contribution in [3.8, 4) is 11.3 Å². The van der Waals surface area contributed by atoms with Gasteiger partial charge in [-0.15, -0.1) is 0 Å². The molecule has 1 aromatic heterocycles. The number of carbonyl (C=O) groups excluding carboxylic acids is 2. The smallest absolute Gasteiger partial charge is 0.276 e. The van der Waals surface area contributed by atoms with Gasteiger partial charge < -0.3 is 19.2 Å². The molecule has 1 saturated heterocycles. The summed E-state index contributed by atoms with van der Waals surface area (Å²) in [6.45, 7) is 10.0. The van der Waals surface area contributed by atoms with E-state index in [9.17, 15) is 9.59 Å². The van der Waals surface area contributed by atoms with Gasteiger partial charge in [-0.2, -0.15) is 0 Å². The maximum absolute atomic E-state index is 13.5. The van der Waals surface area contributed by atoms with Crippen LogP contribution in [0.25, 0.3) is 11.3 Å². The Morgan fingerprint density at radius 3 is 2.29 bits per heavy atom. The Morgan fingerprint density at radius 1 is 0.971 bits per heavy atom. The summed E-state index contributed by atoms with van der Waals surface area (Å²) in [5, 5.41) is 4.12. The van der Waals surface area contributed by atoms with E-state index in [0.29, 0.717) is 18.8 Å². The van der Waals surface area contributed by atoms with E-state index in [1.54, 1.807) is 11.0 Å². The normalized spacial score (nSPS) is 14.2. The molecule has 0 N–H and O–H groups in total. The minimum atomic E-state index is -0.238. The highest BCUT2D eigenvalue weighted by molar-refractivity contribution is 5.93. The quantitative estimate of drug-likeness (QED) is 0.516. The monoisotopic (exact) mass is 474 g/mol. The number of carbonyl (C=O) groups is 2. The largest absolute Gasteiger partial charge is 0.355 e. The van der Waals surface area contributed by atoms with E-state index in [-0.39, 0.29) is 23.9 Å². The molecule has 2 heterocycles. The van der Waals surface area contributed by atoms with Crippen molar-refractivity contribution >= 4 is 11.8 Å². The average molecular weight is 475 g/mol. The number of likely N-dealkylation sites (N-methyl/N-ethyl adjacent to an activating group) is 1. The van der Waals surface area contributed by atoms with Crippen molar-refractivity contribution in [3.05, 3.63) is 76.5 Å². The Balaban J connectivity index is 1.52. The SMILES string of the molecule is Cc1cc(C)c(-c2cc(C(=O)N(CCC(=O)N3CCN(C)CC3)Cc3ccccc3)no2)c(C)c1. The number of piperazine rings is 1. The van der Waals surface area contributed by atoms with Crippen molar-refractivity contribution in [2.45, 2.75) is 33.7 Å². The Labute approximate surface area is 207 Å². The highest BCUT2D eigenvalue weighted by atomic mass is 16.5. The van der Waals surface area contributed by atoms with Crippen LogP contribution in [0.4, 0.5) is 0 Å². The van der Waals surface area contributed by atoms with Crippen molar-refractivity contribution in [1.29, 1.82) is 0 Å². The summed E-state index contributed by atoms with van der Waals surface area (Å²) in [6, 6.07) is 15.7. The van der Waals surface area contributed by atoms with Crippen molar-refractivity contribution in [1.82, 2.24) is 19.9 Å². The molecule has 0 bridgehead atoms. The molecule has 3 aromatic rings. The maximum atomic E-state index is 13.5. The number of rotatable bonds is 7. The molecule has 0 radical (unpaired) electrons. The van der Waals surface area contributed by atoms with Gasteiger partial charge in [0.2, 0.25) is 5.91 Å². The molecule has 1 aliphatic rings. The van der Waals surface area contributed by atoms with Crippen molar-refractivity contribution in [2.75, 3.05) is 39.8 Å². The lowest BCUT2D eigenvalue weighted by atomic mass is 9.98. The van der Waals surface area contributed by atoms with Gasteiger partial charge in [-0.25, -0.2) is 0 Å². The van der Waals surface area contributed by atoms with Crippen LogP contribution in [0.3, 0.4) is 0 Å². The molecule has 2 aromatic carbocycles. The summed E-state index contributed by atoms with van der Waals surface area (Å²) >= 11 is 0. The fraction of sp³-hybridized carbons (Fsp3) is 0.393. The first-order valence-electron chi connectivity index (χ1n) is 12.2. The molecule has 4 rings (SSSR count). The zero-order valence-electron chi connectivity index (χ0n) is 21.1. The number of aromatic nitrogens is 1. The van der Waals surface area contributed by atoms with E-state index in [1.807, 2.05) is 49.1 Å². The zero-order chi connectivity index (χ0) is 24.9. The van der Waals surface area contributed by atoms with Gasteiger partial charge >= 0.3 is 0 Å². The van der Waals surface area contributed by atoms with Gasteiger partial charge in [0.05, 0.1) is 0 Å². The Hall–Kier alpha value is -3.45. The highest BCUT2D eigenvalue weighted by Crippen LogP contribution is 2.29. The first-order chi connectivity index (χ1) is 16.8. The summed E-state index contributed by atoms with van der Waals surface area (Å²) in [5.41, 5.74) is 5.55. The van der Waals surface area contributed by atoms with E-state index in [2.05, 4.69) is 36.2 Å². The third-order valence-electron chi connectivity index (χ3n) is 6.61. The molecule has 7 heteroatoms. The van der Waals surface area contributed by atoms with Crippen LogP contribution < -0.4 is 0 Å². The number of hydrogen-bond acceptors (Lipinski definition) is 5. The fourth-order valence-electron chi connectivity index (χ4n) is 4.73. The van der Waals surface area contributed by atoms with Gasteiger partial charge in [-0.1, -0.05) is 53.2 Å². The third kappa shape index (κ3) is 5.98. The first-order valence-corrected chi connectivity index (χ1v) is 12.2. The van der Waals surface area contributed by atoms with Crippen molar-refractivity contribution < 1.29 is 14.1 Å². The lowest BCUT2D eigenvalue weighted by Crippen LogP contribution is -2.47. The second-order valence-corrected chi connectivity index (χ2v) is 9.50. The van der Waals surface area contributed by atoms with Crippen molar-refractivity contribution in [2.24, 2.45) is 0 Å². The van der Waals surface area contributed by atoms with Crippen LogP contribution in [-0.4, -0.2) is 71.4 Å². The van der Waals surface area contributed by atoms with Crippen molar-refractivity contribution in [3.63, 3.8) is 0 Å². The minimum Gasteiger partial charge on any atom is -0.355 e. The van der Waals surface area contributed by atoms with E-state index in [4.69, 9.17) is 4.52 Å². The third-order valence-corrected chi connectivity index (χ3v) is 6.61. The van der Waals surface area contributed by atoms with Crippen LogP contribution in [0.5, 0.6) is 0 Å². The summed E-state index contributed by atoms with van der Waals surface area (Å²) in [4.78, 5) is 32.2. The fourth-order valence-corrected chi connectivity index (χ4v) is 4.73. The highest BCUT2D eigenvalue weighted by Gasteiger charge is 2.25.